The van der Waals surface area contributed by atoms with E-state index in [0.717, 1.165) is 12.8 Å². The normalized spacial score (nSPS) is 19.9. The predicted molar refractivity (Wildman–Crippen MR) is 101 cm³/mol. The number of carbonyl (C=O) groups is 2. The van der Waals surface area contributed by atoms with Gasteiger partial charge in [0.05, 0.1) is 6.04 Å². The second-order valence-electron chi connectivity index (χ2n) is 8.26. The third-order valence-corrected chi connectivity index (χ3v) is 5.56. The van der Waals surface area contributed by atoms with E-state index in [1.165, 1.54) is 44.9 Å². The number of carbonyl (C=O) groups excluding carboxylic acids is 2. The van der Waals surface area contributed by atoms with Gasteiger partial charge in [0.2, 0.25) is 0 Å². The fraction of sp³-hybridized carbons (Fsp3) is 0.545. The van der Waals surface area contributed by atoms with Gasteiger partial charge >= 0.3 is 0 Å². The summed E-state index contributed by atoms with van der Waals surface area (Å²) < 4.78 is 0. The van der Waals surface area contributed by atoms with E-state index in [2.05, 4.69) is 47.6 Å². The van der Waals surface area contributed by atoms with Crippen LogP contribution < -0.4 is 0 Å². The van der Waals surface area contributed by atoms with Crippen LogP contribution in [0.2, 0.25) is 0 Å². The summed E-state index contributed by atoms with van der Waals surface area (Å²) >= 11 is 0. The first kappa shape index (κ1) is 17.9. The van der Waals surface area contributed by atoms with Crippen LogP contribution >= 0.6 is 0 Å². The minimum atomic E-state index is -0.170. The molecule has 0 saturated heterocycles. The zero-order chi connectivity index (χ0) is 18.5. The molecule has 0 N–H and O–H groups in total. The first-order valence-corrected chi connectivity index (χ1v) is 9.48. The summed E-state index contributed by atoms with van der Waals surface area (Å²) in [5.74, 6) is 0.937. The molecular weight excluding hydrogens is 310 g/mol. The van der Waals surface area contributed by atoms with E-state index in [0.29, 0.717) is 17.8 Å². The Morgan fingerprint density at radius 3 is 1.92 bits per heavy atom. The van der Waals surface area contributed by atoms with Crippen molar-refractivity contribution in [2.45, 2.75) is 78.2 Å². The minimum absolute atomic E-state index is 0.110. The highest BCUT2D eigenvalue weighted by Gasteiger charge is 2.39. The molecule has 2 amide bonds. The lowest BCUT2D eigenvalue weighted by Crippen LogP contribution is -2.33. The van der Waals surface area contributed by atoms with E-state index in [9.17, 15) is 9.59 Å². The number of rotatable bonds is 4. The van der Waals surface area contributed by atoms with Crippen molar-refractivity contribution in [1.82, 2.24) is 4.90 Å². The lowest BCUT2D eigenvalue weighted by atomic mass is 9.80. The third-order valence-electron chi connectivity index (χ3n) is 5.56. The Balaban J connectivity index is 2.23. The van der Waals surface area contributed by atoms with Gasteiger partial charge in [0, 0.05) is 12.2 Å². The van der Waals surface area contributed by atoms with Gasteiger partial charge in [-0.05, 0) is 58.4 Å². The molecular formula is C22H29NO2. The molecule has 0 unspecified atom stereocenters. The zero-order valence-corrected chi connectivity index (χ0v) is 16.2. The van der Waals surface area contributed by atoms with Crippen molar-refractivity contribution < 1.29 is 9.59 Å². The average molecular weight is 339 g/mol. The molecule has 0 saturated carbocycles. The number of hydrogen-bond donors (Lipinski definition) is 0. The lowest BCUT2D eigenvalue weighted by Gasteiger charge is -2.29. The first-order valence-electron chi connectivity index (χ1n) is 9.48. The quantitative estimate of drug-likeness (QED) is 0.726. The van der Waals surface area contributed by atoms with Crippen molar-refractivity contribution in [3.63, 3.8) is 0 Å². The molecule has 0 fully saturated rings. The van der Waals surface area contributed by atoms with Crippen molar-refractivity contribution in [2.75, 3.05) is 0 Å². The van der Waals surface area contributed by atoms with Crippen LogP contribution in [0.5, 0.6) is 0 Å². The Hall–Kier alpha value is -1.90. The summed E-state index contributed by atoms with van der Waals surface area (Å²) in [6, 6.07) is 2.24. The maximum atomic E-state index is 12.3. The van der Waals surface area contributed by atoms with Crippen molar-refractivity contribution in [2.24, 2.45) is 0 Å². The van der Waals surface area contributed by atoms with Crippen molar-refractivity contribution >= 4 is 11.8 Å². The summed E-state index contributed by atoms with van der Waals surface area (Å²) in [6.45, 7) is 13.4. The highest BCUT2D eigenvalue weighted by Crippen LogP contribution is 2.46. The lowest BCUT2D eigenvalue weighted by molar-refractivity contribution is -0.139. The first-order chi connectivity index (χ1) is 11.7. The Labute approximate surface area is 151 Å². The fourth-order valence-electron chi connectivity index (χ4n) is 4.52. The molecule has 0 aromatic heterocycles. The van der Waals surface area contributed by atoms with E-state index in [1.807, 2.05) is 0 Å². The van der Waals surface area contributed by atoms with Crippen LogP contribution in [0, 0.1) is 0 Å². The summed E-state index contributed by atoms with van der Waals surface area (Å²) in [6.07, 6.45) is 4.60. The summed E-state index contributed by atoms with van der Waals surface area (Å²) in [5.41, 5.74) is 6.80. The number of nitrogens with zero attached hydrogens (tertiary/aromatic N) is 1. The fourth-order valence-corrected chi connectivity index (χ4v) is 4.52. The van der Waals surface area contributed by atoms with Gasteiger partial charge < -0.3 is 0 Å². The van der Waals surface area contributed by atoms with Crippen LogP contribution in [0.4, 0.5) is 0 Å². The number of benzene rings is 1. The molecule has 1 heterocycles. The second kappa shape index (κ2) is 6.44. The van der Waals surface area contributed by atoms with Crippen LogP contribution in [0.25, 0.3) is 0 Å². The van der Waals surface area contributed by atoms with Crippen LogP contribution in [0.1, 0.15) is 99.6 Å². The van der Waals surface area contributed by atoms with Gasteiger partial charge in [0.1, 0.15) is 0 Å². The van der Waals surface area contributed by atoms with Crippen molar-refractivity contribution in [1.29, 1.82) is 0 Å². The Morgan fingerprint density at radius 1 is 0.880 bits per heavy atom. The molecule has 0 radical (unpaired) electrons. The largest absolute Gasteiger partial charge is 0.269 e. The van der Waals surface area contributed by atoms with Gasteiger partial charge in [-0.25, -0.2) is 0 Å². The Morgan fingerprint density at radius 2 is 1.44 bits per heavy atom. The molecule has 3 nitrogen and oxygen atoms in total. The maximum Gasteiger partial charge on any atom is 0.254 e. The number of hydrogen-bond acceptors (Lipinski definition) is 2. The monoisotopic (exact) mass is 339 g/mol. The molecule has 1 aromatic rings. The van der Waals surface area contributed by atoms with E-state index in [1.54, 1.807) is 0 Å². The molecule has 3 heteroatoms. The number of amides is 2. The van der Waals surface area contributed by atoms with Crippen LogP contribution in [0.3, 0.4) is 0 Å². The molecule has 0 bridgehead atoms. The summed E-state index contributed by atoms with van der Waals surface area (Å²) in [4.78, 5) is 26.0. The van der Waals surface area contributed by atoms with E-state index in [-0.39, 0.29) is 17.9 Å². The smallest absolute Gasteiger partial charge is 0.254 e. The SMILES string of the molecule is CC(C)c1cc(C(C)C)c2c(c1C(C)C)CC[C@@H]2N1C(=O)C=CC1=O. The van der Waals surface area contributed by atoms with Crippen LogP contribution in [0.15, 0.2) is 18.2 Å². The summed E-state index contributed by atoms with van der Waals surface area (Å²) in [5, 5.41) is 0. The van der Waals surface area contributed by atoms with Crippen molar-refractivity contribution in [3.05, 3.63) is 46.0 Å². The highest BCUT2D eigenvalue weighted by atomic mass is 16.2. The molecule has 1 aromatic carbocycles. The third kappa shape index (κ3) is 2.84. The van der Waals surface area contributed by atoms with E-state index >= 15 is 0 Å². The highest BCUT2D eigenvalue weighted by molar-refractivity contribution is 6.13. The second-order valence-corrected chi connectivity index (χ2v) is 8.26. The molecule has 3 rings (SSSR count). The number of fused-ring (bicyclic) bond motifs is 1. The standard InChI is InChI=1S/C22H29NO2/c1-12(2)16-11-17(13(3)4)22-15(21(16)14(5)6)7-8-18(22)23-19(24)9-10-20(23)25/h9-14,18H,7-8H2,1-6H3/t18-/m0/s1. The maximum absolute atomic E-state index is 12.3. The van der Waals surface area contributed by atoms with E-state index < -0.39 is 0 Å². The predicted octanol–water partition coefficient (Wildman–Crippen LogP) is 4.97. The van der Waals surface area contributed by atoms with Crippen LogP contribution in [-0.2, 0) is 16.0 Å². The van der Waals surface area contributed by atoms with Crippen LogP contribution in [-0.4, -0.2) is 16.7 Å². The molecule has 0 spiro atoms. The number of imide groups is 1. The Kier molecular flexibility index (Phi) is 4.61. The summed E-state index contributed by atoms with van der Waals surface area (Å²) in [7, 11) is 0. The van der Waals surface area contributed by atoms with Crippen molar-refractivity contribution in [3.8, 4) is 0 Å². The van der Waals surface area contributed by atoms with E-state index in [4.69, 9.17) is 0 Å². The zero-order valence-electron chi connectivity index (χ0n) is 16.2. The van der Waals surface area contributed by atoms with Gasteiger partial charge in [-0.2, -0.15) is 0 Å². The van der Waals surface area contributed by atoms with Gasteiger partial charge in [0.15, 0.2) is 0 Å². The van der Waals surface area contributed by atoms with Gasteiger partial charge in [-0.3, -0.25) is 14.5 Å². The minimum Gasteiger partial charge on any atom is -0.269 e. The molecule has 2 aliphatic rings. The molecule has 1 aliphatic heterocycles. The average Bonchev–Trinajstić information content (AvgIpc) is 3.08. The van der Waals surface area contributed by atoms with Gasteiger partial charge in [-0.1, -0.05) is 47.6 Å². The van der Waals surface area contributed by atoms with Gasteiger partial charge in [-0.15, -0.1) is 0 Å². The molecule has 1 aliphatic carbocycles. The molecule has 25 heavy (non-hydrogen) atoms. The molecule has 134 valence electrons. The van der Waals surface area contributed by atoms with Gasteiger partial charge in [0.25, 0.3) is 11.8 Å². The Bertz CT molecular complexity index is 738. The molecule has 1 atom stereocenters. The topological polar surface area (TPSA) is 37.4 Å².